The molecule has 0 saturated heterocycles. The molecule has 0 bridgehead atoms. The molecule has 3 aromatic rings. The number of halogens is 2. The molecule has 2 aromatic heterocycles. The maximum Gasteiger partial charge on any atom is 0.234 e. The zero-order valence-corrected chi connectivity index (χ0v) is 16.1. The van der Waals surface area contributed by atoms with Gasteiger partial charge >= 0.3 is 0 Å². The molecule has 0 fully saturated rings. The van der Waals surface area contributed by atoms with Crippen molar-refractivity contribution < 1.29 is 4.79 Å². The summed E-state index contributed by atoms with van der Waals surface area (Å²) in [5, 5.41) is 4.33. The zero-order chi connectivity index (χ0) is 18.5. The molecule has 0 atom stereocenters. The molecule has 0 radical (unpaired) electrons. The van der Waals surface area contributed by atoms with Gasteiger partial charge in [0.15, 0.2) is 0 Å². The van der Waals surface area contributed by atoms with E-state index < -0.39 is 0 Å². The Bertz CT molecular complexity index is 938. The average Bonchev–Trinajstić information content (AvgIpc) is 2.63. The molecular formula is C18H14Cl2N4OS. The highest BCUT2D eigenvalue weighted by atomic mass is 35.5. The standard InChI is InChI=1S/C18H14Cl2N4OS/c1-11-22-16(15-4-2-3-7-21-15)9-18(23-11)26-10-17(25)24-12-5-6-13(19)14(20)8-12/h2-9H,10H2,1H3,(H,24,25). The Morgan fingerprint density at radius 2 is 1.92 bits per heavy atom. The number of carbonyl (C=O) groups is 1. The van der Waals surface area contributed by atoms with E-state index in [9.17, 15) is 4.79 Å². The Morgan fingerprint density at radius 1 is 1.08 bits per heavy atom. The highest BCUT2D eigenvalue weighted by Crippen LogP contribution is 2.26. The van der Waals surface area contributed by atoms with Crippen LogP contribution in [0.15, 0.2) is 53.7 Å². The highest BCUT2D eigenvalue weighted by Gasteiger charge is 2.09. The van der Waals surface area contributed by atoms with Crippen molar-refractivity contribution >= 4 is 46.6 Å². The number of thioether (sulfide) groups is 1. The fourth-order valence-electron chi connectivity index (χ4n) is 2.17. The minimum absolute atomic E-state index is 0.163. The van der Waals surface area contributed by atoms with Gasteiger partial charge in [0, 0.05) is 11.9 Å². The molecular weight excluding hydrogens is 391 g/mol. The number of hydrogen-bond donors (Lipinski definition) is 1. The van der Waals surface area contributed by atoms with Gasteiger partial charge in [-0.2, -0.15) is 0 Å². The second-order valence-electron chi connectivity index (χ2n) is 5.32. The lowest BCUT2D eigenvalue weighted by molar-refractivity contribution is -0.113. The lowest BCUT2D eigenvalue weighted by Crippen LogP contribution is -2.14. The van der Waals surface area contributed by atoms with Crippen LogP contribution in [0, 0.1) is 6.92 Å². The van der Waals surface area contributed by atoms with Crippen molar-refractivity contribution in [2.75, 3.05) is 11.1 Å². The SMILES string of the molecule is Cc1nc(SCC(=O)Nc2ccc(Cl)c(Cl)c2)cc(-c2ccccn2)n1. The molecule has 8 heteroatoms. The summed E-state index contributed by atoms with van der Waals surface area (Å²) in [6.07, 6.45) is 1.71. The molecule has 0 saturated carbocycles. The summed E-state index contributed by atoms with van der Waals surface area (Å²) in [4.78, 5) is 25.2. The highest BCUT2D eigenvalue weighted by molar-refractivity contribution is 7.99. The zero-order valence-electron chi connectivity index (χ0n) is 13.7. The van der Waals surface area contributed by atoms with Gasteiger partial charge in [-0.15, -0.1) is 0 Å². The number of anilines is 1. The second kappa shape index (κ2) is 8.49. The first-order valence-electron chi connectivity index (χ1n) is 7.66. The fraction of sp³-hybridized carbons (Fsp3) is 0.111. The van der Waals surface area contributed by atoms with Crippen molar-refractivity contribution in [2.45, 2.75) is 11.9 Å². The second-order valence-corrected chi connectivity index (χ2v) is 7.13. The van der Waals surface area contributed by atoms with Crippen LogP contribution in [0.2, 0.25) is 10.0 Å². The Kier molecular flexibility index (Phi) is 6.08. The predicted molar refractivity (Wildman–Crippen MR) is 106 cm³/mol. The van der Waals surface area contributed by atoms with E-state index >= 15 is 0 Å². The normalized spacial score (nSPS) is 10.6. The summed E-state index contributed by atoms with van der Waals surface area (Å²) in [7, 11) is 0. The summed E-state index contributed by atoms with van der Waals surface area (Å²) >= 11 is 13.2. The number of amides is 1. The van der Waals surface area contributed by atoms with Crippen LogP contribution in [0.5, 0.6) is 0 Å². The Morgan fingerprint density at radius 3 is 2.65 bits per heavy atom. The van der Waals surface area contributed by atoms with E-state index in [1.807, 2.05) is 31.2 Å². The molecule has 2 heterocycles. The molecule has 5 nitrogen and oxygen atoms in total. The summed E-state index contributed by atoms with van der Waals surface area (Å²) in [6, 6.07) is 12.4. The van der Waals surface area contributed by atoms with Gasteiger partial charge in [0.1, 0.15) is 10.9 Å². The lowest BCUT2D eigenvalue weighted by Gasteiger charge is -2.07. The molecule has 132 valence electrons. The van der Waals surface area contributed by atoms with Gasteiger partial charge < -0.3 is 5.32 Å². The molecule has 0 aliphatic rings. The van der Waals surface area contributed by atoms with E-state index in [1.54, 1.807) is 24.4 Å². The number of aryl methyl sites for hydroxylation is 1. The molecule has 0 unspecified atom stereocenters. The molecule has 0 spiro atoms. The number of aromatic nitrogens is 3. The lowest BCUT2D eigenvalue weighted by atomic mass is 10.2. The average molecular weight is 405 g/mol. The largest absolute Gasteiger partial charge is 0.325 e. The molecule has 1 amide bonds. The number of benzene rings is 1. The van der Waals surface area contributed by atoms with E-state index in [0.717, 1.165) is 11.4 Å². The van der Waals surface area contributed by atoms with Crippen LogP contribution in [0.3, 0.4) is 0 Å². The van der Waals surface area contributed by atoms with Crippen molar-refractivity contribution in [3.8, 4) is 11.4 Å². The smallest absolute Gasteiger partial charge is 0.234 e. The molecule has 1 aromatic carbocycles. The van der Waals surface area contributed by atoms with Gasteiger partial charge in [0.05, 0.1) is 27.2 Å². The Hall–Kier alpha value is -2.15. The molecule has 0 aliphatic carbocycles. The van der Waals surface area contributed by atoms with E-state index in [2.05, 4.69) is 20.3 Å². The number of pyridine rings is 1. The molecule has 1 N–H and O–H groups in total. The minimum Gasteiger partial charge on any atom is -0.325 e. The third-order valence-corrected chi connectivity index (χ3v) is 4.95. The van der Waals surface area contributed by atoms with Gasteiger partial charge in [-0.25, -0.2) is 9.97 Å². The van der Waals surface area contributed by atoms with Gasteiger partial charge in [0.25, 0.3) is 0 Å². The first-order valence-corrected chi connectivity index (χ1v) is 9.40. The van der Waals surface area contributed by atoms with Gasteiger partial charge in [-0.05, 0) is 43.3 Å². The predicted octanol–water partition coefficient (Wildman–Crippen LogP) is 4.88. The van der Waals surface area contributed by atoms with Crippen molar-refractivity contribution in [1.29, 1.82) is 0 Å². The van der Waals surface area contributed by atoms with Crippen LogP contribution >= 0.6 is 35.0 Å². The quantitative estimate of drug-likeness (QED) is 0.484. The van der Waals surface area contributed by atoms with Crippen LogP contribution in [0.1, 0.15) is 5.82 Å². The van der Waals surface area contributed by atoms with Crippen molar-refractivity contribution in [3.05, 3.63) is 64.5 Å². The van der Waals surface area contributed by atoms with E-state index in [4.69, 9.17) is 23.2 Å². The summed E-state index contributed by atoms with van der Waals surface area (Å²) in [5.41, 5.74) is 2.09. The van der Waals surface area contributed by atoms with Crippen molar-refractivity contribution in [1.82, 2.24) is 15.0 Å². The molecule has 3 rings (SSSR count). The number of rotatable bonds is 5. The third-order valence-electron chi connectivity index (χ3n) is 3.30. The fourth-order valence-corrected chi connectivity index (χ4v) is 3.21. The van der Waals surface area contributed by atoms with Crippen LogP contribution in [0.4, 0.5) is 5.69 Å². The van der Waals surface area contributed by atoms with Gasteiger partial charge in [0.2, 0.25) is 5.91 Å². The monoisotopic (exact) mass is 404 g/mol. The molecule has 0 aliphatic heterocycles. The van der Waals surface area contributed by atoms with Crippen LogP contribution in [0.25, 0.3) is 11.4 Å². The maximum atomic E-state index is 12.2. The first kappa shape index (κ1) is 18.6. The Labute approximate surface area is 165 Å². The Balaban J connectivity index is 1.66. The van der Waals surface area contributed by atoms with E-state index in [-0.39, 0.29) is 11.7 Å². The van der Waals surface area contributed by atoms with Crippen LogP contribution < -0.4 is 5.32 Å². The molecule has 26 heavy (non-hydrogen) atoms. The number of nitrogens with zero attached hydrogens (tertiary/aromatic N) is 3. The number of hydrogen-bond acceptors (Lipinski definition) is 5. The van der Waals surface area contributed by atoms with Crippen molar-refractivity contribution in [2.24, 2.45) is 0 Å². The maximum absolute atomic E-state index is 12.2. The first-order chi connectivity index (χ1) is 12.5. The van der Waals surface area contributed by atoms with E-state index in [1.165, 1.54) is 11.8 Å². The van der Waals surface area contributed by atoms with E-state index in [0.29, 0.717) is 26.6 Å². The summed E-state index contributed by atoms with van der Waals surface area (Å²) in [5.74, 6) is 0.669. The van der Waals surface area contributed by atoms with Crippen LogP contribution in [-0.4, -0.2) is 26.6 Å². The minimum atomic E-state index is -0.163. The topological polar surface area (TPSA) is 67.8 Å². The third kappa shape index (κ3) is 4.94. The number of carbonyl (C=O) groups excluding carboxylic acids is 1. The summed E-state index contributed by atoms with van der Waals surface area (Å²) in [6.45, 7) is 1.81. The van der Waals surface area contributed by atoms with Gasteiger partial charge in [-0.3, -0.25) is 9.78 Å². The van der Waals surface area contributed by atoms with Gasteiger partial charge in [-0.1, -0.05) is 41.0 Å². The van der Waals surface area contributed by atoms with Crippen molar-refractivity contribution in [3.63, 3.8) is 0 Å². The number of nitrogens with one attached hydrogen (secondary N) is 1. The van der Waals surface area contributed by atoms with Crippen LogP contribution in [-0.2, 0) is 4.79 Å². The summed E-state index contributed by atoms with van der Waals surface area (Å²) < 4.78 is 0.